The lowest BCUT2D eigenvalue weighted by atomic mass is 9.76. The minimum Gasteiger partial charge on any atom is -0.462 e. The number of aromatic nitrogens is 2. The molecule has 14 heteroatoms. The minimum absolute atomic E-state index is 0.00593. The summed E-state index contributed by atoms with van der Waals surface area (Å²) in [5.41, 5.74) is -2.98. The summed E-state index contributed by atoms with van der Waals surface area (Å²) in [5, 5.41) is 2.55. The van der Waals surface area contributed by atoms with Crippen LogP contribution in [0.4, 0.5) is 0 Å². The number of esters is 4. The van der Waals surface area contributed by atoms with Crippen molar-refractivity contribution in [3.8, 4) is 0 Å². The number of rotatable bonds is 14. The Kier molecular flexibility index (Phi) is 10.6. The van der Waals surface area contributed by atoms with E-state index in [9.17, 15) is 38.4 Å². The molecule has 0 N–H and O–H groups in total. The fourth-order valence-electron chi connectivity index (χ4n) is 9.75. The van der Waals surface area contributed by atoms with Gasteiger partial charge in [0.1, 0.15) is 0 Å². The summed E-state index contributed by atoms with van der Waals surface area (Å²) in [7, 11) is 0. The molecule has 66 heavy (non-hydrogen) atoms. The number of fused-ring (bicyclic) bond motifs is 6. The third kappa shape index (κ3) is 6.27. The van der Waals surface area contributed by atoms with Crippen molar-refractivity contribution in [1.29, 1.82) is 0 Å². The second kappa shape index (κ2) is 15.9. The zero-order valence-electron chi connectivity index (χ0n) is 38.7. The predicted molar refractivity (Wildman–Crippen MR) is 255 cm³/mol. The van der Waals surface area contributed by atoms with E-state index < -0.39 is 46.1 Å². The van der Waals surface area contributed by atoms with Gasteiger partial charge in [0.25, 0.3) is 22.2 Å². The molecule has 0 radical (unpaired) electrons. The fraction of sp³-hybridized carbons (Fsp3) is 0.385. The van der Waals surface area contributed by atoms with E-state index in [0.717, 1.165) is 9.13 Å². The molecule has 0 aliphatic rings. The topological polar surface area (TPSA) is 183 Å². The number of ether oxygens (including phenoxy) is 4. The van der Waals surface area contributed by atoms with Crippen molar-refractivity contribution in [2.45, 2.75) is 82.3 Å². The molecule has 7 aromatic carbocycles. The van der Waals surface area contributed by atoms with Crippen LogP contribution < -0.4 is 22.2 Å². The number of hydrogen-bond acceptors (Lipinski definition) is 12. The van der Waals surface area contributed by atoms with Crippen molar-refractivity contribution in [1.82, 2.24) is 9.13 Å². The van der Waals surface area contributed by atoms with E-state index in [1.807, 2.05) is 55.4 Å². The molecule has 0 saturated carbocycles. The summed E-state index contributed by atoms with van der Waals surface area (Å²) < 4.78 is 25.7. The Balaban J connectivity index is 1.68. The van der Waals surface area contributed by atoms with Crippen molar-refractivity contribution >= 4 is 110 Å². The SMILES string of the molecule is CCn1c(=O)c2c3cc(C(=O)OCC(C)C)c4c(C(=O)OCC(C)C)cc5c6c(=O)n(CC)c(=O)c6c6cc(C(=O)OCC(C)C)c7c(C(=O)OCC(C)C)cc(c2c1=O)c1c7c6c5c4c31. The summed E-state index contributed by atoms with van der Waals surface area (Å²) >= 11 is 0. The average molecular weight is 895 g/mol. The molecular formula is C52H50N2O12. The summed E-state index contributed by atoms with van der Waals surface area (Å²) in [4.78, 5) is 117. The van der Waals surface area contributed by atoms with Gasteiger partial charge in [0.05, 0.1) is 70.2 Å². The second-order valence-corrected chi connectivity index (χ2v) is 19.1. The number of carbonyl (C=O) groups excluding carboxylic acids is 4. The molecular weight excluding hydrogens is 845 g/mol. The Hall–Kier alpha value is -6.96. The molecule has 0 fully saturated rings. The van der Waals surface area contributed by atoms with Crippen LogP contribution in [0, 0.1) is 23.7 Å². The van der Waals surface area contributed by atoms with E-state index in [-0.39, 0.29) is 150 Å². The van der Waals surface area contributed by atoms with Gasteiger partial charge in [-0.25, -0.2) is 19.2 Å². The van der Waals surface area contributed by atoms with Crippen LogP contribution in [0.1, 0.15) is 111 Å². The van der Waals surface area contributed by atoms with Crippen molar-refractivity contribution < 1.29 is 38.1 Å². The first-order valence-electron chi connectivity index (χ1n) is 22.6. The molecule has 14 nitrogen and oxygen atoms in total. The monoisotopic (exact) mass is 894 g/mol. The quantitative estimate of drug-likeness (QED) is 0.0440. The fourth-order valence-corrected chi connectivity index (χ4v) is 9.75. The van der Waals surface area contributed by atoms with Crippen LogP contribution in [0.15, 0.2) is 43.4 Å². The van der Waals surface area contributed by atoms with E-state index in [1.54, 1.807) is 13.8 Å². The normalized spacial score (nSPS) is 12.6. The highest BCUT2D eigenvalue weighted by Gasteiger charge is 2.36. The lowest BCUT2D eigenvalue weighted by Crippen LogP contribution is -2.24. The highest BCUT2D eigenvalue weighted by Crippen LogP contribution is 2.54. The first kappa shape index (κ1) is 44.3. The van der Waals surface area contributed by atoms with Gasteiger partial charge < -0.3 is 18.9 Å². The van der Waals surface area contributed by atoms with Gasteiger partial charge in [-0.05, 0) is 105 Å². The van der Waals surface area contributed by atoms with Gasteiger partial charge in [-0.15, -0.1) is 0 Å². The first-order chi connectivity index (χ1) is 31.3. The Morgan fingerprint density at radius 2 is 0.576 bits per heavy atom. The van der Waals surface area contributed by atoms with Crippen LogP contribution in [-0.2, 0) is 32.0 Å². The van der Waals surface area contributed by atoms with Crippen LogP contribution in [0.25, 0.3) is 86.2 Å². The third-order valence-corrected chi connectivity index (χ3v) is 12.4. The number of nitrogens with zero attached hydrogens (tertiary/aromatic N) is 2. The van der Waals surface area contributed by atoms with Gasteiger partial charge in [0.15, 0.2) is 0 Å². The molecule has 2 aromatic heterocycles. The maximum atomic E-state index is 14.7. The van der Waals surface area contributed by atoms with E-state index in [4.69, 9.17) is 18.9 Å². The Morgan fingerprint density at radius 3 is 0.758 bits per heavy atom. The maximum Gasteiger partial charge on any atom is 0.338 e. The van der Waals surface area contributed by atoms with Crippen LogP contribution >= 0.6 is 0 Å². The molecule has 9 rings (SSSR count). The van der Waals surface area contributed by atoms with Crippen molar-refractivity contribution in [2.24, 2.45) is 23.7 Å². The molecule has 0 aliphatic heterocycles. The lowest BCUT2D eigenvalue weighted by molar-refractivity contribution is 0.0445. The smallest absolute Gasteiger partial charge is 0.338 e. The van der Waals surface area contributed by atoms with Gasteiger partial charge >= 0.3 is 23.9 Å². The Bertz CT molecular complexity index is 3270. The van der Waals surface area contributed by atoms with Gasteiger partial charge in [-0.2, -0.15) is 0 Å². The second-order valence-electron chi connectivity index (χ2n) is 19.1. The summed E-state index contributed by atoms with van der Waals surface area (Å²) in [6, 6.07) is 5.87. The molecule has 0 amide bonds. The summed E-state index contributed by atoms with van der Waals surface area (Å²) in [6.45, 7) is 18.2. The number of carbonyl (C=O) groups is 4. The highest BCUT2D eigenvalue weighted by atomic mass is 16.5. The van der Waals surface area contributed by atoms with E-state index >= 15 is 0 Å². The highest BCUT2D eigenvalue weighted by molar-refractivity contribution is 6.53. The molecule has 9 aromatic rings. The predicted octanol–water partition coefficient (Wildman–Crippen LogP) is 8.44. The van der Waals surface area contributed by atoms with E-state index in [1.165, 1.54) is 24.3 Å². The van der Waals surface area contributed by atoms with E-state index in [2.05, 4.69) is 0 Å². The van der Waals surface area contributed by atoms with Crippen LogP contribution in [-0.4, -0.2) is 59.4 Å². The van der Waals surface area contributed by atoms with E-state index in [0.29, 0.717) is 21.5 Å². The maximum absolute atomic E-state index is 14.7. The van der Waals surface area contributed by atoms with Gasteiger partial charge in [-0.3, -0.25) is 28.3 Å². The van der Waals surface area contributed by atoms with Gasteiger partial charge in [-0.1, -0.05) is 55.4 Å². The van der Waals surface area contributed by atoms with Crippen LogP contribution in [0.2, 0.25) is 0 Å². The first-order valence-corrected chi connectivity index (χ1v) is 22.6. The minimum atomic E-state index is -0.816. The molecule has 2 heterocycles. The molecule has 0 saturated heterocycles. The standard InChI is InChI=1S/C52H50N2O12/c1-11-53-45(55)39-25-13-29(49(59)63-17-21(3)4)33-31(51(61)65-19-23(7)8)15-27-37-38-28(42-41(27)47(57)54(12-2)48(42)58)16-32(52(62)66-20-24(9)10)34-30(50(60)64-18-22(5)6)14-26(40(39)46(53)56)36(44(34)38)35(25)43(33)37/h13-16,21-24H,11-12,17-20H2,1-10H3. The molecule has 0 unspecified atom stereocenters. The average Bonchev–Trinajstić information content (AvgIpc) is 3.69. The third-order valence-electron chi connectivity index (χ3n) is 12.4. The zero-order valence-corrected chi connectivity index (χ0v) is 38.7. The van der Waals surface area contributed by atoms with Crippen molar-refractivity contribution in [3.05, 3.63) is 87.9 Å². The van der Waals surface area contributed by atoms with Crippen molar-refractivity contribution in [2.75, 3.05) is 26.4 Å². The largest absolute Gasteiger partial charge is 0.462 e. The van der Waals surface area contributed by atoms with Crippen molar-refractivity contribution in [3.63, 3.8) is 0 Å². The van der Waals surface area contributed by atoms with Crippen LogP contribution in [0.5, 0.6) is 0 Å². The lowest BCUT2D eigenvalue weighted by Gasteiger charge is -2.26. The molecule has 0 bridgehead atoms. The Morgan fingerprint density at radius 1 is 0.364 bits per heavy atom. The number of hydrogen-bond donors (Lipinski definition) is 0. The van der Waals surface area contributed by atoms with Gasteiger partial charge in [0.2, 0.25) is 0 Å². The Labute approximate surface area is 376 Å². The number of benzene rings is 7. The molecule has 340 valence electrons. The van der Waals surface area contributed by atoms with Crippen LogP contribution in [0.3, 0.4) is 0 Å². The zero-order chi connectivity index (χ0) is 47.5. The summed E-state index contributed by atoms with van der Waals surface area (Å²) in [5.74, 6) is -3.61. The molecule has 0 aliphatic carbocycles. The molecule has 0 spiro atoms. The van der Waals surface area contributed by atoms with Gasteiger partial charge in [0, 0.05) is 34.6 Å². The molecule has 0 atom stereocenters. The summed E-state index contributed by atoms with van der Waals surface area (Å²) in [6.07, 6.45) is 0.